The lowest BCUT2D eigenvalue weighted by Crippen LogP contribution is -2.21. The lowest BCUT2D eigenvalue weighted by molar-refractivity contribution is 0.177. The molecule has 3 heteroatoms. The fourth-order valence-corrected chi connectivity index (χ4v) is 3.00. The summed E-state index contributed by atoms with van der Waals surface area (Å²) in [5.74, 6) is 1.70. The van der Waals surface area contributed by atoms with Gasteiger partial charge in [0, 0.05) is 13.0 Å². The SMILES string of the molecule is OC1CCC(CNCc2ccc3c(c2)CCO3)C1. The third-order valence-electron chi connectivity index (χ3n) is 4.03. The van der Waals surface area contributed by atoms with E-state index in [1.807, 2.05) is 0 Å². The molecule has 1 aliphatic heterocycles. The Labute approximate surface area is 108 Å². The first-order valence-corrected chi connectivity index (χ1v) is 6.94. The maximum absolute atomic E-state index is 9.48. The van der Waals surface area contributed by atoms with Crippen LogP contribution >= 0.6 is 0 Å². The van der Waals surface area contributed by atoms with Crippen molar-refractivity contribution in [2.24, 2.45) is 5.92 Å². The van der Waals surface area contributed by atoms with Gasteiger partial charge < -0.3 is 15.2 Å². The second kappa shape index (κ2) is 5.29. The zero-order valence-electron chi connectivity index (χ0n) is 10.7. The van der Waals surface area contributed by atoms with E-state index < -0.39 is 0 Å². The first kappa shape index (κ1) is 12.0. The molecule has 0 saturated heterocycles. The van der Waals surface area contributed by atoms with Crippen LogP contribution in [0.3, 0.4) is 0 Å². The molecule has 18 heavy (non-hydrogen) atoms. The number of nitrogens with one attached hydrogen (secondary N) is 1. The largest absolute Gasteiger partial charge is 0.493 e. The van der Waals surface area contributed by atoms with Crippen LogP contribution < -0.4 is 10.1 Å². The van der Waals surface area contributed by atoms with Crippen LogP contribution in [0, 0.1) is 5.92 Å². The van der Waals surface area contributed by atoms with E-state index in [9.17, 15) is 5.11 Å². The Morgan fingerprint density at radius 2 is 2.28 bits per heavy atom. The van der Waals surface area contributed by atoms with E-state index in [2.05, 4.69) is 23.5 Å². The molecule has 3 rings (SSSR count). The lowest BCUT2D eigenvalue weighted by Gasteiger charge is -2.11. The number of ether oxygens (including phenoxy) is 1. The number of aliphatic hydroxyl groups is 1. The van der Waals surface area contributed by atoms with Crippen LogP contribution in [0.1, 0.15) is 30.4 Å². The van der Waals surface area contributed by atoms with Crippen molar-refractivity contribution in [2.45, 2.75) is 38.3 Å². The minimum atomic E-state index is -0.0612. The summed E-state index contributed by atoms with van der Waals surface area (Å²) in [5.41, 5.74) is 2.67. The Hall–Kier alpha value is -1.06. The van der Waals surface area contributed by atoms with E-state index >= 15 is 0 Å². The third kappa shape index (κ3) is 2.68. The quantitative estimate of drug-likeness (QED) is 0.853. The number of benzene rings is 1. The van der Waals surface area contributed by atoms with Gasteiger partial charge in [0.25, 0.3) is 0 Å². The zero-order valence-corrected chi connectivity index (χ0v) is 10.7. The molecule has 3 nitrogen and oxygen atoms in total. The molecule has 2 atom stereocenters. The van der Waals surface area contributed by atoms with Gasteiger partial charge in [-0.15, -0.1) is 0 Å². The molecule has 0 amide bonds. The van der Waals surface area contributed by atoms with Gasteiger partial charge in [-0.1, -0.05) is 12.1 Å². The van der Waals surface area contributed by atoms with Gasteiger partial charge in [-0.25, -0.2) is 0 Å². The number of fused-ring (bicyclic) bond motifs is 1. The molecule has 1 aromatic rings. The molecule has 0 bridgehead atoms. The Balaban J connectivity index is 1.48. The summed E-state index contributed by atoms with van der Waals surface area (Å²) in [6.07, 6.45) is 4.08. The Kier molecular flexibility index (Phi) is 3.52. The summed E-state index contributed by atoms with van der Waals surface area (Å²) >= 11 is 0. The molecule has 0 aromatic heterocycles. The minimum Gasteiger partial charge on any atom is -0.493 e. The van der Waals surface area contributed by atoms with Crippen molar-refractivity contribution in [1.29, 1.82) is 0 Å². The molecule has 1 aliphatic carbocycles. The molecule has 1 aromatic carbocycles. The summed E-state index contributed by atoms with van der Waals surface area (Å²) in [7, 11) is 0. The monoisotopic (exact) mass is 247 g/mol. The molecule has 2 unspecified atom stereocenters. The number of aliphatic hydroxyl groups excluding tert-OH is 1. The predicted molar refractivity (Wildman–Crippen MR) is 70.7 cm³/mol. The molecule has 0 radical (unpaired) electrons. The van der Waals surface area contributed by atoms with Gasteiger partial charge in [-0.3, -0.25) is 0 Å². The van der Waals surface area contributed by atoms with E-state index in [-0.39, 0.29) is 6.10 Å². The molecular formula is C15H21NO2. The van der Waals surface area contributed by atoms with Gasteiger partial charge >= 0.3 is 0 Å². The predicted octanol–water partition coefficient (Wildman–Crippen LogP) is 1.87. The average Bonchev–Trinajstić information content (AvgIpc) is 2.97. The number of hydrogen-bond acceptors (Lipinski definition) is 3. The zero-order chi connectivity index (χ0) is 12.4. The average molecular weight is 247 g/mol. The van der Waals surface area contributed by atoms with Crippen molar-refractivity contribution in [3.8, 4) is 5.75 Å². The van der Waals surface area contributed by atoms with Gasteiger partial charge in [0.1, 0.15) is 5.75 Å². The normalized spacial score (nSPS) is 26.1. The van der Waals surface area contributed by atoms with Gasteiger partial charge in [-0.05, 0) is 48.9 Å². The highest BCUT2D eigenvalue weighted by molar-refractivity contribution is 5.39. The molecule has 98 valence electrons. The second-order valence-electron chi connectivity index (χ2n) is 5.50. The van der Waals surface area contributed by atoms with Crippen LogP contribution in [-0.2, 0) is 13.0 Å². The van der Waals surface area contributed by atoms with Crippen LogP contribution in [0.4, 0.5) is 0 Å². The molecular weight excluding hydrogens is 226 g/mol. The summed E-state index contributed by atoms with van der Waals surface area (Å²) in [6.45, 7) is 2.76. The Morgan fingerprint density at radius 1 is 1.33 bits per heavy atom. The molecule has 1 fully saturated rings. The maximum Gasteiger partial charge on any atom is 0.122 e. The lowest BCUT2D eigenvalue weighted by atomic mass is 10.1. The molecule has 2 aliphatic rings. The fourth-order valence-electron chi connectivity index (χ4n) is 3.00. The fraction of sp³-hybridized carbons (Fsp3) is 0.600. The van der Waals surface area contributed by atoms with Crippen molar-refractivity contribution in [3.05, 3.63) is 29.3 Å². The maximum atomic E-state index is 9.48. The van der Waals surface area contributed by atoms with Crippen LogP contribution in [-0.4, -0.2) is 24.4 Å². The Morgan fingerprint density at radius 3 is 3.11 bits per heavy atom. The van der Waals surface area contributed by atoms with Crippen molar-refractivity contribution in [2.75, 3.05) is 13.2 Å². The summed E-state index contributed by atoms with van der Waals surface area (Å²) in [6, 6.07) is 6.47. The first-order valence-electron chi connectivity index (χ1n) is 6.94. The van der Waals surface area contributed by atoms with Crippen LogP contribution in [0.15, 0.2) is 18.2 Å². The van der Waals surface area contributed by atoms with Gasteiger partial charge in [0.2, 0.25) is 0 Å². The Bertz CT molecular complexity index is 419. The van der Waals surface area contributed by atoms with Crippen molar-refractivity contribution >= 4 is 0 Å². The van der Waals surface area contributed by atoms with E-state index in [1.165, 1.54) is 11.1 Å². The molecule has 1 saturated carbocycles. The van der Waals surface area contributed by atoms with Crippen LogP contribution in [0.5, 0.6) is 5.75 Å². The number of hydrogen-bond donors (Lipinski definition) is 2. The highest BCUT2D eigenvalue weighted by Crippen LogP contribution is 2.26. The number of rotatable bonds is 4. The first-order chi connectivity index (χ1) is 8.81. The smallest absolute Gasteiger partial charge is 0.122 e. The van der Waals surface area contributed by atoms with Crippen molar-refractivity contribution in [1.82, 2.24) is 5.32 Å². The van der Waals surface area contributed by atoms with E-state index in [0.29, 0.717) is 5.92 Å². The van der Waals surface area contributed by atoms with Gasteiger partial charge in [0.05, 0.1) is 12.7 Å². The van der Waals surface area contributed by atoms with E-state index in [1.54, 1.807) is 0 Å². The molecule has 0 spiro atoms. The van der Waals surface area contributed by atoms with Gasteiger partial charge in [0.15, 0.2) is 0 Å². The summed E-state index contributed by atoms with van der Waals surface area (Å²) < 4.78 is 5.50. The minimum absolute atomic E-state index is 0.0612. The highest BCUT2D eigenvalue weighted by atomic mass is 16.5. The topological polar surface area (TPSA) is 41.5 Å². The van der Waals surface area contributed by atoms with E-state index in [0.717, 1.165) is 51.1 Å². The summed E-state index contributed by atoms with van der Waals surface area (Å²) in [5, 5.41) is 13.0. The summed E-state index contributed by atoms with van der Waals surface area (Å²) in [4.78, 5) is 0. The molecule has 1 heterocycles. The van der Waals surface area contributed by atoms with Crippen molar-refractivity contribution in [3.63, 3.8) is 0 Å². The van der Waals surface area contributed by atoms with E-state index in [4.69, 9.17) is 4.74 Å². The standard InChI is InChI=1S/C15H21NO2/c17-14-3-1-12(8-14)10-16-9-11-2-4-15-13(7-11)5-6-18-15/h2,4,7,12,14,16-17H,1,3,5-6,8-10H2. The highest BCUT2D eigenvalue weighted by Gasteiger charge is 2.22. The third-order valence-corrected chi connectivity index (χ3v) is 4.03. The molecule has 2 N–H and O–H groups in total. The van der Waals surface area contributed by atoms with Crippen LogP contribution in [0.2, 0.25) is 0 Å². The van der Waals surface area contributed by atoms with Crippen LogP contribution in [0.25, 0.3) is 0 Å². The second-order valence-corrected chi connectivity index (χ2v) is 5.50. The van der Waals surface area contributed by atoms with Gasteiger partial charge in [-0.2, -0.15) is 0 Å². The van der Waals surface area contributed by atoms with Crippen molar-refractivity contribution < 1.29 is 9.84 Å².